The van der Waals surface area contributed by atoms with E-state index in [1.165, 1.54) is 4.40 Å². The zero-order chi connectivity index (χ0) is 18.9. The summed E-state index contributed by atoms with van der Waals surface area (Å²) in [6.45, 7) is 0.391. The second-order valence-electron chi connectivity index (χ2n) is 6.22. The van der Waals surface area contributed by atoms with Gasteiger partial charge in [-0.1, -0.05) is 6.07 Å². The molecule has 138 valence electrons. The molecule has 0 aromatic carbocycles. The lowest BCUT2D eigenvalue weighted by Crippen LogP contribution is -2.34. The summed E-state index contributed by atoms with van der Waals surface area (Å²) in [7, 11) is 0.336. The molecule has 0 spiro atoms. The molecule has 3 rings (SSSR count). The zero-order valence-corrected chi connectivity index (χ0v) is 16.3. The quantitative estimate of drug-likeness (QED) is 0.692. The molecule has 3 aromatic rings. The van der Waals surface area contributed by atoms with Crippen LogP contribution in [0.4, 0.5) is 0 Å². The van der Waals surface area contributed by atoms with Gasteiger partial charge in [-0.3, -0.25) is 9.20 Å². The highest BCUT2D eigenvalue weighted by Crippen LogP contribution is 2.21. The summed E-state index contributed by atoms with van der Waals surface area (Å²) in [5, 5.41) is 6.78. The van der Waals surface area contributed by atoms with Crippen LogP contribution < -0.4 is 5.32 Å². The molecule has 1 amide bonds. The largest absolute Gasteiger partial charge is 0.349 e. The third kappa shape index (κ3) is 3.64. The van der Waals surface area contributed by atoms with Crippen molar-refractivity contribution in [1.82, 2.24) is 19.6 Å². The lowest BCUT2D eigenvalue weighted by molar-refractivity contribution is 0.0939. The summed E-state index contributed by atoms with van der Waals surface area (Å²) >= 11 is 1.60. The number of fused-ring (bicyclic) bond motifs is 1. The predicted octanol–water partition coefficient (Wildman–Crippen LogP) is 1.83. The molecule has 26 heavy (non-hydrogen) atoms. The molecule has 0 aliphatic rings. The molecule has 0 fully saturated rings. The Labute approximate surface area is 156 Å². The fourth-order valence-corrected chi connectivity index (χ4v) is 4.26. The standard InChI is InChI=1S/C17H20N4O3S2/c1-20(2)14(12-7-9-25-11-12)10-18-16(22)15-13-6-4-5-8-21(13)17(19-15)26(3,23)24/h4-9,11,14H,10H2,1-3H3,(H,18,22). The van der Waals surface area contributed by atoms with Crippen molar-refractivity contribution in [2.75, 3.05) is 26.9 Å². The molecule has 0 aliphatic carbocycles. The first-order chi connectivity index (χ1) is 12.3. The second-order valence-corrected chi connectivity index (χ2v) is 8.91. The summed E-state index contributed by atoms with van der Waals surface area (Å²) in [6, 6.07) is 7.17. The molecule has 7 nitrogen and oxygen atoms in total. The van der Waals surface area contributed by atoms with Gasteiger partial charge in [0.25, 0.3) is 5.91 Å². The number of likely N-dealkylation sites (N-methyl/N-ethyl adjacent to an activating group) is 1. The van der Waals surface area contributed by atoms with Gasteiger partial charge in [0.05, 0.1) is 11.6 Å². The number of carbonyl (C=O) groups excluding carboxylic acids is 1. The minimum Gasteiger partial charge on any atom is -0.349 e. The first-order valence-electron chi connectivity index (χ1n) is 7.93. The Hall–Kier alpha value is -2.23. The number of sulfone groups is 1. The normalized spacial score (nSPS) is 13.2. The number of pyridine rings is 1. The van der Waals surface area contributed by atoms with Crippen LogP contribution >= 0.6 is 11.3 Å². The van der Waals surface area contributed by atoms with Gasteiger partial charge in [0.1, 0.15) is 0 Å². The van der Waals surface area contributed by atoms with Crippen LogP contribution in [0.3, 0.4) is 0 Å². The summed E-state index contributed by atoms with van der Waals surface area (Å²) < 4.78 is 25.4. The lowest BCUT2D eigenvalue weighted by Gasteiger charge is -2.23. The van der Waals surface area contributed by atoms with Crippen LogP contribution in [0.1, 0.15) is 22.1 Å². The van der Waals surface area contributed by atoms with E-state index >= 15 is 0 Å². The Kier molecular flexibility index (Phi) is 5.12. The Bertz CT molecular complexity index is 1020. The van der Waals surface area contributed by atoms with Crippen LogP contribution in [0.15, 0.2) is 46.4 Å². The molecule has 0 saturated heterocycles. The summed E-state index contributed by atoms with van der Waals surface area (Å²) in [5.74, 6) is -0.398. The van der Waals surface area contributed by atoms with E-state index in [9.17, 15) is 13.2 Å². The highest BCUT2D eigenvalue weighted by Gasteiger charge is 2.23. The van der Waals surface area contributed by atoms with Crippen molar-refractivity contribution in [2.45, 2.75) is 11.2 Å². The van der Waals surface area contributed by atoms with Crippen LogP contribution in [0.2, 0.25) is 0 Å². The van der Waals surface area contributed by atoms with Gasteiger partial charge in [0, 0.05) is 19.0 Å². The van der Waals surface area contributed by atoms with Crippen molar-refractivity contribution < 1.29 is 13.2 Å². The van der Waals surface area contributed by atoms with Gasteiger partial charge >= 0.3 is 0 Å². The van der Waals surface area contributed by atoms with E-state index in [-0.39, 0.29) is 16.9 Å². The third-order valence-electron chi connectivity index (χ3n) is 4.07. The Morgan fingerprint density at radius 3 is 2.73 bits per heavy atom. The van der Waals surface area contributed by atoms with Gasteiger partial charge in [-0.15, -0.1) is 0 Å². The van der Waals surface area contributed by atoms with Crippen LogP contribution in [0.5, 0.6) is 0 Å². The predicted molar refractivity (Wildman–Crippen MR) is 101 cm³/mol. The van der Waals surface area contributed by atoms with E-state index in [0.29, 0.717) is 12.1 Å². The number of imidazole rings is 1. The van der Waals surface area contributed by atoms with Crippen molar-refractivity contribution in [3.8, 4) is 0 Å². The Morgan fingerprint density at radius 2 is 2.12 bits per heavy atom. The number of nitrogens with one attached hydrogen (secondary N) is 1. The number of hydrogen-bond acceptors (Lipinski definition) is 6. The van der Waals surface area contributed by atoms with Gasteiger partial charge in [0.2, 0.25) is 15.0 Å². The maximum Gasteiger partial charge on any atom is 0.272 e. The number of amides is 1. The number of rotatable bonds is 6. The minimum absolute atomic E-state index is 0.0217. The van der Waals surface area contributed by atoms with Crippen molar-refractivity contribution in [3.05, 3.63) is 52.5 Å². The van der Waals surface area contributed by atoms with Crippen molar-refractivity contribution in [2.24, 2.45) is 0 Å². The molecule has 1 atom stereocenters. The van der Waals surface area contributed by atoms with Crippen LogP contribution in [-0.4, -0.2) is 55.5 Å². The van der Waals surface area contributed by atoms with Crippen LogP contribution in [0, 0.1) is 0 Å². The van der Waals surface area contributed by atoms with Gasteiger partial charge in [-0.25, -0.2) is 13.4 Å². The van der Waals surface area contributed by atoms with Gasteiger partial charge in [-0.2, -0.15) is 11.3 Å². The average Bonchev–Trinajstić information content (AvgIpc) is 3.21. The maximum atomic E-state index is 12.7. The number of hydrogen-bond donors (Lipinski definition) is 1. The van der Waals surface area contributed by atoms with E-state index in [1.54, 1.807) is 35.7 Å². The highest BCUT2D eigenvalue weighted by atomic mass is 32.2. The zero-order valence-electron chi connectivity index (χ0n) is 14.7. The molecule has 0 radical (unpaired) electrons. The number of carbonyl (C=O) groups is 1. The highest BCUT2D eigenvalue weighted by molar-refractivity contribution is 7.90. The van der Waals surface area contributed by atoms with Crippen LogP contribution in [-0.2, 0) is 9.84 Å². The van der Waals surface area contributed by atoms with Crippen LogP contribution in [0.25, 0.3) is 5.52 Å². The smallest absolute Gasteiger partial charge is 0.272 e. The SMILES string of the molecule is CN(C)C(CNC(=O)c1nc(S(C)(=O)=O)n2ccccc12)c1ccsc1. The number of aromatic nitrogens is 2. The first-order valence-corrected chi connectivity index (χ1v) is 10.8. The van der Waals surface area contributed by atoms with E-state index in [1.807, 2.05) is 35.8 Å². The van der Waals surface area contributed by atoms with E-state index < -0.39 is 15.7 Å². The minimum atomic E-state index is -3.56. The summed E-state index contributed by atoms with van der Waals surface area (Å²) in [5.41, 5.74) is 1.68. The summed E-state index contributed by atoms with van der Waals surface area (Å²) in [6.07, 6.45) is 2.67. The van der Waals surface area contributed by atoms with E-state index in [0.717, 1.165) is 11.8 Å². The van der Waals surface area contributed by atoms with Crippen molar-refractivity contribution >= 4 is 32.6 Å². The van der Waals surface area contributed by atoms with E-state index in [2.05, 4.69) is 10.3 Å². The monoisotopic (exact) mass is 392 g/mol. The Morgan fingerprint density at radius 1 is 1.35 bits per heavy atom. The fraction of sp³-hybridized carbons (Fsp3) is 0.294. The van der Waals surface area contributed by atoms with Crippen molar-refractivity contribution in [1.29, 1.82) is 0 Å². The molecule has 3 heterocycles. The molecule has 1 N–H and O–H groups in total. The average molecular weight is 393 g/mol. The van der Waals surface area contributed by atoms with Gasteiger partial charge in [0.15, 0.2) is 5.69 Å². The topological polar surface area (TPSA) is 83.8 Å². The number of thiophene rings is 1. The molecular formula is C17H20N4O3S2. The number of nitrogens with zero attached hydrogens (tertiary/aromatic N) is 3. The maximum absolute atomic E-state index is 12.7. The second kappa shape index (κ2) is 7.18. The molecule has 1 unspecified atom stereocenters. The van der Waals surface area contributed by atoms with Crippen molar-refractivity contribution in [3.63, 3.8) is 0 Å². The lowest BCUT2D eigenvalue weighted by atomic mass is 10.1. The fourth-order valence-electron chi connectivity index (χ4n) is 2.77. The first kappa shape index (κ1) is 18.6. The molecule has 0 bridgehead atoms. The molecule has 0 saturated carbocycles. The third-order valence-corrected chi connectivity index (χ3v) is 5.72. The van der Waals surface area contributed by atoms with Gasteiger partial charge in [-0.05, 0) is 48.6 Å². The molecule has 3 aromatic heterocycles. The molecule has 0 aliphatic heterocycles. The van der Waals surface area contributed by atoms with Gasteiger partial charge < -0.3 is 10.2 Å². The molecular weight excluding hydrogens is 372 g/mol. The Balaban J connectivity index is 1.89. The van der Waals surface area contributed by atoms with E-state index in [4.69, 9.17) is 0 Å². The summed E-state index contributed by atoms with van der Waals surface area (Å²) in [4.78, 5) is 18.8. The molecule has 9 heteroatoms.